The Morgan fingerprint density at radius 2 is 1.59 bits per heavy atom. The molecule has 0 aliphatic heterocycles. The average Bonchev–Trinajstić information content (AvgIpc) is 3.39. The standard InChI is InChI=1S/C36H56N4O3S/c1-11-16-18-26(13-3)23-40(24-27(14-4)19-17-12-2)30-20-25(6)29(21-31(30)42-10)38-39-34-28(22-37)32(36(7,8)9)33(44-34)35(41)43-15-5/h20-21,26-27H,11-19,23-24H2,1-10H3/b39-38+. The van der Waals surface area contributed by atoms with Crippen LogP contribution in [0.2, 0.25) is 0 Å². The lowest BCUT2D eigenvalue weighted by molar-refractivity contribution is 0.0529. The first-order valence-corrected chi connectivity index (χ1v) is 17.4. The Morgan fingerprint density at radius 1 is 1.00 bits per heavy atom. The van der Waals surface area contributed by atoms with Crippen molar-refractivity contribution in [3.05, 3.63) is 33.7 Å². The maximum atomic E-state index is 12.8. The van der Waals surface area contributed by atoms with E-state index in [0.29, 0.717) is 38.5 Å². The van der Waals surface area contributed by atoms with E-state index in [-0.39, 0.29) is 6.61 Å². The van der Waals surface area contributed by atoms with Gasteiger partial charge in [0.15, 0.2) is 5.00 Å². The number of hydrogen-bond acceptors (Lipinski definition) is 8. The highest BCUT2D eigenvalue weighted by Gasteiger charge is 2.32. The Morgan fingerprint density at radius 3 is 2.05 bits per heavy atom. The van der Waals surface area contributed by atoms with Crippen LogP contribution in [-0.4, -0.2) is 32.8 Å². The average molecular weight is 625 g/mol. The van der Waals surface area contributed by atoms with Crippen molar-refractivity contribution in [2.24, 2.45) is 22.1 Å². The molecule has 7 nitrogen and oxygen atoms in total. The number of ether oxygens (including phenoxy) is 2. The van der Waals surface area contributed by atoms with Crippen LogP contribution in [0, 0.1) is 30.1 Å². The minimum Gasteiger partial charge on any atom is -0.495 e. The molecule has 2 atom stereocenters. The van der Waals surface area contributed by atoms with Gasteiger partial charge in [-0.15, -0.1) is 21.6 Å². The number of nitriles is 1. The van der Waals surface area contributed by atoms with E-state index in [0.717, 1.165) is 54.3 Å². The van der Waals surface area contributed by atoms with Crippen LogP contribution >= 0.6 is 11.3 Å². The summed E-state index contributed by atoms with van der Waals surface area (Å²) >= 11 is 1.16. The number of carbonyl (C=O) groups is 1. The second-order valence-corrected chi connectivity index (χ2v) is 13.8. The van der Waals surface area contributed by atoms with Gasteiger partial charge in [-0.25, -0.2) is 4.79 Å². The van der Waals surface area contributed by atoms with Gasteiger partial charge in [-0.2, -0.15) is 5.26 Å². The molecule has 0 aliphatic rings. The van der Waals surface area contributed by atoms with E-state index in [4.69, 9.17) is 9.47 Å². The summed E-state index contributed by atoms with van der Waals surface area (Å²) < 4.78 is 11.3. The predicted octanol–water partition coefficient (Wildman–Crippen LogP) is 11.1. The van der Waals surface area contributed by atoms with Gasteiger partial charge in [0, 0.05) is 24.7 Å². The summed E-state index contributed by atoms with van der Waals surface area (Å²) in [6, 6.07) is 6.41. The summed E-state index contributed by atoms with van der Waals surface area (Å²) in [7, 11) is 1.71. The maximum absolute atomic E-state index is 12.8. The van der Waals surface area contributed by atoms with Gasteiger partial charge in [-0.05, 0) is 55.6 Å². The van der Waals surface area contributed by atoms with Gasteiger partial charge in [0.1, 0.15) is 16.7 Å². The Hall–Kier alpha value is -2.92. The molecular weight excluding hydrogens is 568 g/mol. The van der Waals surface area contributed by atoms with Crippen LogP contribution in [-0.2, 0) is 10.2 Å². The summed E-state index contributed by atoms with van der Waals surface area (Å²) in [5, 5.41) is 19.6. The molecule has 0 N–H and O–H groups in total. The normalized spacial score (nSPS) is 13.1. The van der Waals surface area contributed by atoms with Gasteiger partial charge in [0.2, 0.25) is 0 Å². The van der Waals surface area contributed by atoms with Crippen LogP contribution in [0.3, 0.4) is 0 Å². The van der Waals surface area contributed by atoms with Crippen LogP contribution < -0.4 is 9.64 Å². The lowest BCUT2D eigenvalue weighted by Gasteiger charge is -2.33. The zero-order valence-electron chi connectivity index (χ0n) is 29.0. The van der Waals surface area contributed by atoms with E-state index in [9.17, 15) is 10.1 Å². The summed E-state index contributed by atoms with van der Waals surface area (Å²) in [6.45, 7) is 21.2. The van der Waals surface area contributed by atoms with Gasteiger partial charge in [0.25, 0.3) is 0 Å². The van der Waals surface area contributed by atoms with Crippen LogP contribution in [0.1, 0.15) is 133 Å². The first-order valence-electron chi connectivity index (χ1n) is 16.6. The number of nitrogens with zero attached hydrogens (tertiary/aromatic N) is 4. The first-order chi connectivity index (χ1) is 21.0. The van der Waals surface area contributed by atoms with Crippen LogP contribution in [0.4, 0.5) is 16.4 Å². The number of rotatable bonds is 18. The van der Waals surface area contributed by atoms with Crippen molar-refractivity contribution in [2.45, 2.75) is 119 Å². The van der Waals surface area contributed by atoms with Gasteiger partial charge in [-0.3, -0.25) is 0 Å². The molecule has 0 saturated carbocycles. The van der Waals surface area contributed by atoms with Crippen molar-refractivity contribution in [1.29, 1.82) is 5.26 Å². The molecule has 8 heteroatoms. The van der Waals surface area contributed by atoms with E-state index in [1.807, 2.05) is 33.8 Å². The first kappa shape index (κ1) is 37.3. The molecule has 0 radical (unpaired) electrons. The number of benzene rings is 1. The smallest absolute Gasteiger partial charge is 0.348 e. The molecule has 1 heterocycles. The molecule has 2 aromatic rings. The van der Waals surface area contributed by atoms with E-state index in [1.165, 1.54) is 38.5 Å². The van der Waals surface area contributed by atoms with Crippen molar-refractivity contribution < 1.29 is 14.3 Å². The van der Waals surface area contributed by atoms with Crippen molar-refractivity contribution in [3.8, 4) is 11.8 Å². The topological polar surface area (TPSA) is 87.3 Å². The number of unbranched alkanes of at least 4 members (excludes halogenated alkanes) is 2. The molecule has 0 saturated heterocycles. The molecule has 44 heavy (non-hydrogen) atoms. The second kappa shape index (κ2) is 18.1. The number of thiophene rings is 1. The van der Waals surface area contributed by atoms with Crippen molar-refractivity contribution in [1.82, 2.24) is 0 Å². The zero-order valence-corrected chi connectivity index (χ0v) is 29.8. The predicted molar refractivity (Wildman–Crippen MR) is 184 cm³/mol. The molecular formula is C36H56N4O3S. The Bertz CT molecular complexity index is 1250. The fraction of sp³-hybridized carbons (Fsp3) is 0.667. The lowest BCUT2D eigenvalue weighted by atomic mass is 9.84. The number of esters is 1. The summed E-state index contributed by atoms with van der Waals surface area (Å²) in [4.78, 5) is 15.8. The second-order valence-electron chi connectivity index (χ2n) is 12.8. The minimum atomic E-state index is -0.442. The van der Waals surface area contributed by atoms with Crippen LogP contribution in [0.15, 0.2) is 22.4 Å². The van der Waals surface area contributed by atoms with Gasteiger partial charge in [-0.1, -0.05) is 87.0 Å². The van der Waals surface area contributed by atoms with Gasteiger partial charge >= 0.3 is 5.97 Å². The Kier molecular flexibility index (Phi) is 15.4. The number of anilines is 1. The Labute approximate surface area is 271 Å². The monoisotopic (exact) mass is 624 g/mol. The Balaban J connectivity index is 2.58. The molecule has 1 aromatic heterocycles. The molecule has 0 spiro atoms. The fourth-order valence-electron chi connectivity index (χ4n) is 5.66. The zero-order chi connectivity index (χ0) is 32.9. The molecule has 2 unspecified atom stereocenters. The van der Waals surface area contributed by atoms with Crippen LogP contribution in [0.25, 0.3) is 0 Å². The minimum absolute atomic E-state index is 0.261. The summed E-state index contributed by atoms with van der Waals surface area (Å²) in [5.41, 5.74) is 3.34. The number of methoxy groups -OCH3 is 1. The van der Waals surface area contributed by atoms with E-state index < -0.39 is 11.4 Å². The molecule has 2 rings (SSSR count). The van der Waals surface area contributed by atoms with E-state index in [1.54, 1.807) is 14.0 Å². The maximum Gasteiger partial charge on any atom is 0.348 e. The SMILES string of the molecule is CCCCC(CC)CN(CC(CC)CCCC)c1cc(C)c(/N=N/c2sc(C(=O)OCC)c(C(C)(C)C)c2C#N)cc1OC. The van der Waals surface area contributed by atoms with Gasteiger partial charge < -0.3 is 14.4 Å². The van der Waals surface area contributed by atoms with Crippen molar-refractivity contribution in [2.75, 3.05) is 31.7 Å². The summed E-state index contributed by atoms with van der Waals surface area (Å²) in [5.74, 6) is 1.58. The largest absolute Gasteiger partial charge is 0.495 e. The number of aryl methyl sites for hydroxylation is 1. The third-order valence-electron chi connectivity index (χ3n) is 8.34. The number of azo groups is 1. The lowest BCUT2D eigenvalue weighted by Crippen LogP contribution is -2.34. The highest BCUT2D eigenvalue weighted by atomic mass is 32.1. The van der Waals surface area contributed by atoms with Crippen molar-refractivity contribution >= 4 is 33.7 Å². The summed E-state index contributed by atoms with van der Waals surface area (Å²) in [6.07, 6.45) is 9.69. The molecule has 1 aromatic carbocycles. The molecule has 244 valence electrons. The third-order valence-corrected chi connectivity index (χ3v) is 9.40. The number of carbonyl (C=O) groups excluding carboxylic acids is 1. The fourth-order valence-corrected chi connectivity index (χ4v) is 6.84. The van der Waals surface area contributed by atoms with Crippen molar-refractivity contribution in [3.63, 3.8) is 0 Å². The molecule has 0 amide bonds. The number of hydrogen-bond donors (Lipinski definition) is 0. The van der Waals surface area contributed by atoms with Crippen LogP contribution in [0.5, 0.6) is 5.75 Å². The highest BCUT2D eigenvalue weighted by Crippen LogP contribution is 2.43. The molecule has 0 bridgehead atoms. The third kappa shape index (κ3) is 10.1. The highest BCUT2D eigenvalue weighted by molar-refractivity contribution is 7.18. The van der Waals surface area contributed by atoms with E-state index in [2.05, 4.69) is 55.0 Å². The molecule has 0 fully saturated rings. The van der Waals surface area contributed by atoms with E-state index >= 15 is 0 Å². The van der Waals surface area contributed by atoms with Gasteiger partial charge in [0.05, 0.1) is 30.7 Å². The quantitative estimate of drug-likeness (QED) is 0.122. The molecule has 0 aliphatic carbocycles.